The van der Waals surface area contributed by atoms with E-state index in [-0.39, 0.29) is 5.91 Å². The van der Waals surface area contributed by atoms with E-state index in [2.05, 4.69) is 54.5 Å². The van der Waals surface area contributed by atoms with Crippen molar-refractivity contribution in [2.75, 3.05) is 5.75 Å². The Morgan fingerprint density at radius 3 is 2.81 bits per heavy atom. The number of benzene rings is 2. The second-order valence-electron chi connectivity index (χ2n) is 8.57. The van der Waals surface area contributed by atoms with Crippen LogP contribution in [0.3, 0.4) is 0 Å². The van der Waals surface area contributed by atoms with Crippen LogP contribution < -0.4 is 10.1 Å². The molecule has 0 radical (unpaired) electrons. The number of carbonyl (C=O) groups is 1. The fraction of sp³-hybridized carbons (Fsp3) is 0.480. The molecule has 1 saturated carbocycles. The average molecular weight is 453 g/mol. The monoisotopic (exact) mass is 452 g/mol. The van der Waals surface area contributed by atoms with E-state index in [1.165, 1.54) is 41.8 Å². The number of nitrogens with one attached hydrogen (secondary N) is 1. The molecule has 7 heteroatoms. The normalized spacial score (nSPS) is 18.6. The van der Waals surface area contributed by atoms with E-state index >= 15 is 0 Å². The van der Waals surface area contributed by atoms with Gasteiger partial charge in [-0.3, -0.25) is 4.79 Å². The first kappa shape index (κ1) is 22.6. The number of thioether (sulfide) groups is 1. The van der Waals surface area contributed by atoms with Crippen LogP contribution in [-0.4, -0.2) is 32.5 Å². The fourth-order valence-electron chi connectivity index (χ4n) is 4.47. The molecular formula is C25H32N4O2S. The molecule has 0 unspecified atom stereocenters. The lowest BCUT2D eigenvalue weighted by Gasteiger charge is -2.29. The third kappa shape index (κ3) is 5.09. The standard InChI is InChI=1S/C25H32N4O2S/c1-4-29-23(15-31-22-14-13-19-10-6-7-11-20(19)18(22)3)27-28-25(29)32-16-24(30)26-21-12-8-5-9-17(21)2/h6-7,10-11,13-14,17,21H,4-5,8-9,12,15-16H2,1-3H3,(H,26,30)/t17-,21-/m0/s1. The number of ether oxygens (including phenoxy) is 1. The molecule has 32 heavy (non-hydrogen) atoms. The Kier molecular flexibility index (Phi) is 7.35. The molecule has 0 spiro atoms. The molecule has 170 valence electrons. The number of hydrogen-bond acceptors (Lipinski definition) is 5. The maximum atomic E-state index is 12.5. The molecule has 6 nitrogen and oxygen atoms in total. The molecule has 0 aliphatic heterocycles. The first-order chi connectivity index (χ1) is 15.6. The Morgan fingerprint density at radius 1 is 1.19 bits per heavy atom. The predicted octanol–water partition coefficient (Wildman–Crippen LogP) is 5.13. The Labute approximate surface area is 194 Å². The first-order valence-electron chi connectivity index (χ1n) is 11.5. The molecule has 0 bridgehead atoms. The zero-order valence-corrected chi connectivity index (χ0v) is 20.0. The molecule has 1 heterocycles. The van der Waals surface area contributed by atoms with E-state index in [0.29, 0.717) is 24.3 Å². The van der Waals surface area contributed by atoms with Gasteiger partial charge in [-0.15, -0.1) is 10.2 Å². The number of aryl methyl sites for hydroxylation is 1. The van der Waals surface area contributed by atoms with Crippen molar-refractivity contribution in [3.8, 4) is 5.75 Å². The summed E-state index contributed by atoms with van der Waals surface area (Å²) in [6.07, 6.45) is 4.75. The van der Waals surface area contributed by atoms with Gasteiger partial charge in [0.2, 0.25) is 5.91 Å². The van der Waals surface area contributed by atoms with Gasteiger partial charge in [0.25, 0.3) is 0 Å². The average Bonchev–Trinajstić information content (AvgIpc) is 3.21. The number of aromatic nitrogens is 3. The van der Waals surface area contributed by atoms with Gasteiger partial charge in [0.05, 0.1) is 5.75 Å². The van der Waals surface area contributed by atoms with Gasteiger partial charge in [-0.1, -0.05) is 61.9 Å². The number of amides is 1. The van der Waals surface area contributed by atoms with Crippen molar-refractivity contribution in [2.45, 2.75) is 70.8 Å². The van der Waals surface area contributed by atoms with Crippen molar-refractivity contribution in [3.63, 3.8) is 0 Å². The predicted molar refractivity (Wildman–Crippen MR) is 129 cm³/mol. The van der Waals surface area contributed by atoms with Gasteiger partial charge in [-0.25, -0.2) is 0 Å². The summed E-state index contributed by atoms with van der Waals surface area (Å²) in [5.41, 5.74) is 1.12. The Hall–Kier alpha value is -2.54. The van der Waals surface area contributed by atoms with Gasteiger partial charge in [-0.05, 0) is 55.0 Å². The van der Waals surface area contributed by atoms with Crippen LogP contribution in [0.25, 0.3) is 10.8 Å². The van der Waals surface area contributed by atoms with E-state index in [4.69, 9.17) is 4.74 Å². The Balaban J connectivity index is 1.37. The molecule has 0 saturated heterocycles. The molecular weight excluding hydrogens is 420 g/mol. The van der Waals surface area contributed by atoms with Gasteiger partial charge >= 0.3 is 0 Å². The molecule has 1 aliphatic rings. The van der Waals surface area contributed by atoms with E-state index in [0.717, 1.165) is 35.3 Å². The Bertz CT molecular complexity index is 1080. The van der Waals surface area contributed by atoms with Crippen molar-refractivity contribution < 1.29 is 9.53 Å². The van der Waals surface area contributed by atoms with Crippen molar-refractivity contribution in [2.24, 2.45) is 5.92 Å². The summed E-state index contributed by atoms with van der Waals surface area (Å²) in [5, 5.41) is 15.0. The first-order valence-corrected chi connectivity index (χ1v) is 12.5. The van der Waals surface area contributed by atoms with Crippen LogP contribution in [0.1, 0.15) is 50.9 Å². The molecule has 1 aromatic heterocycles. The van der Waals surface area contributed by atoms with Gasteiger partial charge in [0.1, 0.15) is 12.4 Å². The third-order valence-corrected chi connectivity index (χ3v) is 7.37. The number of hydrogen-bond donors (Lipinski definition) is 1. The zero-order valence-electron chi connectivity index (χ0n) is 19.1. The fourth-order valence-corrected chi connectivity index (χ4v) is 5.30. The SMILES string of the molecule is CCn1c(COc2ccc3ccccc3c2C)nnc1SCC(=O)N[C@H]1CCCC[C@@H]1C. The van der Waals surface area contributed by atoms with Crippen molar-refractivity contribution in [1.29, 1.82) is 0 Å². The van der Waals surface area contributed by atoms with Crippen LogP contribution in [0.5, 0.6) is 5.75 Å². The highest BCUT2D eigenvalue weighted by Gasteiger charge is 2.23. The summed E-state index contributed by atoms with van der Waals surface area (Å²) in [6, 6.07) is 12.7. The molecule has 3 aromatic rings. The highest BCUT2D eigenvalue weighted by Crippen LogP contribution is 2.28. The maximum absolute atomic E-state index is 12.5. The molecule has 1 aliphatic carbocycles. The molecule has 4 rings (SSSR count). The summed E-state index contributed by atoms with van der Waals surface area (Å²) >= 11 is 1.44. The Morgan fingerprint density at radius 2 is 2.00 bits per heavy atom. The largest absolute Gasteiger partial charge is 0.485 e. The molecule has 1 amide bonds. The molecule has 1 fully saturated rings. The lowest BCUT2D eigenvalue weighted by atomic mass is 9.86. The van der Waals surface area contributed by atoms with Crippen molar-refractivity contribution >= 4 is 28.4 Å². The summed E-state index contributed by atoms with van der Waals surface area (Å²) in [6.45, 7) is 7.43. The number of nitrogens with zero attached hydrogens (tertiary/aromatic N) is 3. The molecule has 1 N–H and O–H groups in total. The summed E-state index contributed by atoms with van der Waals surface area (Å²) in [5.74, 6) is 2.60. The van der Waals surface area contributed by atoms with E-state index < -0.39 is 0 Å². The quantitative estimate of drug-likeness (QED) is 0.480. The van der Waals surface area contributed by atoms with Gasteiger partial charge in [-0.2, -0.15) is 0 Å². The second-order valence-corrected chi connectivity index (χ2v) is 9.51. The van der Waals surface area contributed by atoms with Crippen LogP contribution in [0, 0.1) is 12.8 Å². The number of rotatable bonds is 8. The van der Waals surface area contributed by atoms with Crippen LogP contribution in [-0.2, 0) is 17.9 Å². The van der Waals surface area contributed by atoms with Crippen LogP contribution in [0.2, 0.25) is 0 Å². The summed E-state index contributed by atoms with van der Waals surface area (Å²) in [4.78, 5) is 12.5. The van der Waals surface area contributed by atoms with Gasteiger partial charge in [0, 0.05) is 12.6 Å². The maximum Gasteiger partial charge on any atom is 0.230 e. The highest BCUT2D eigenvalue weighted by molar-refractivity contribution is 7.99. The third-order valence-electron chi connectivity index (χ3n) is 6.41. The van der Waals surface area contributed by atoms with E-state index in [9.17, 15) is 4.79 Å². The lowest BCUT2D eigenvalue weighted by molar-refractivity contribution is -0.119. The number of carbonyl (C=O) groups excluding carboxylic acids is 1. The highest BCUT2D eigenvalue weighted by atomic mass is 32.2. The van der Waals surface area contributed by atoms with E-state index in [1.807, 2.05) is 22.8 Å². The molecule has 2 aromatic carbocycles. The van der Waals surface area contributed by atoms with Crippen molar-refractivity contribution in [1.82, 2.24) is 20.1 Å². The van der Waals surface area contributed by atoms with Gasteiger partial charge < -0.3 is 14.6 Å². The molecule has 2 atom stereocenters. The number of fused-ring (bicyclic) bond motifs is 1. The summed E-state index contributed by atoms with van der Waals surface area (Å²) < 4.78 is 8.14. The second kappa shape index (κ2) is 10.4. The van der Waals surface area contributed by atoms with Crippen molar-refractivity contribution in [3.05, 3.63) is 47.8 Å². The zero-order chi connectivity index (χ0) is 22.5. The van der Waals surface area contributed by atoms with Crippen LogP contribution in [0.4, 0.5) is 0 Å². The minimum absolute atomic E-state index is 0.0731. The topological polar surface area (TPSA) is 69.0 Å². The van der Waals surface area contributed by atoms with E-state index in [1.54, 1.807) is 0 Å². The smallest absolute Gasteiger partial charge is 0.230 e. The minimum atomic E-state index is 0.0731. The summed E-state index contributed by atoms with van der Waals surface area (Å²) in [7, 11) is 0. The van der Waals surface area contributed by atoms with Crippen LogP contribution >= 0.6 is 11.8 Å². The lowest BCUT2D eigenvalue weighted by Crippen LogP contribution is -2.41. The van der Waals surface area contributed by atoms with Crippen LogP contribution in [0.15, 0.2) is 41.6 Å². The van der Waals surface area contributed by atoms with Gasteiger partial charge in [0.15, 0.2) is 11.0 Å². The minimum Gasteiger partial charge on any atom is -0.485 e.